The third-order valence-electron chi connectivity index (χ3n) is 7.48. The number of rotatable bonds is 9. The lowest BCUT2D eigenvalue weighted by molar-refractivity contribution is -0.145. The minimum absolute atomic E-state index is 0.00577. The minimum Gasteiger partial charge on any atom is -0.391 e. The molecule has 11 heteroatoms. The Bertz CT molecular complexity index is 1280. The van der Waals surface area contributed by atoms with Gasteiger partial charge in [-0.1, -0.05) is 45.0 Å². The zero-order chi connectivity index (χ0) is 29.4. The second-order valence-corrected chi connectivity index (χ2v) is 12.8. The van der Waals surface area contributed by atoms with Crippen molar-refractivity contribution < 1.29 is 28.7 Å². The Morgan fingerprint density at radius 1 is 1.18 bits per heavy atom. The van der Waals surface area contributed by atoms with Crippen molar-refractivity contribution in [3.63, 3.8) is 0 Å². The zero-order valence-corrected chi connectivity index (χ0v) is 24.3. The molecule has 0 bridgehead atoms. The van der Waals surface area contributed by atoms with Gasteiger partial charge in [-0.15, -0.1) is 11.3 Å². The van der Waals surface area contributed by atoms with Crippen LogP contribution in [-0.2, 0) is 19.2 Å². The number of carbonyl (C=O) groups excluding carboxylic acids is 4. The first-order valence-corrected chi connectivity index (χ1v) is 14.4. The van der Waals surface area contributed by atoms with Gasteiger partial charge in [0.1, 0.15) is 17.9 Å². The third kappa shape index (κ3) is 6.58. The van der Waals surface area contributed by atoms with Crippen molar-refractivity contribution >= 4 is 34.8 Å². The van der Waals surface area contributed by atoms with E-state index in [2.05, 4.69) is 15.6 Å². The van der Waals surface area contributed by atoms with E-state index >= 15 is 0 Å². The smallest absolute Gasteiger partial charge is 0.258 e. The molecule has 1 saturated heterocycles. The van der Waals surface area contributed by atoms with E-state index in [-0.39, 0.29) is 38.0 Å². The van der Waals surface area contributed by atoms with Gasteiger partial charge in [0.2, 0.25) is 11.8 Å². The van der Waals surface area contributed by atoms with Crippen LogP contribution in [-0.4, -0.2) is 68.9 Å². The van der Waals surface area contributed by atoms with Crippen molar-refractivity contribution in [2.24, 2.45) is 5.41 Å². The summed E-state index contributed by atoms with van der Waals surface area (Å²) in [6.07, 6.45) is -0.668. The number of hydrogen-bond acceptors (Lipinski definition) is 7. The van der Waals surface area contributed by atoms with Gasteiger partial charge in [0.05, 0.1) is 28.2 Å². The van der Waals surface area contributed by atoms with Crippen molar-refractivity contribution in [1.29, 1.82) is 0 Å². The van der Waals surface area contributed by atoms with Crippen LogP contribution in [0.1, 0.15) is 70.7 Å². The van der Waals surface area contributed by atoms with Crippen LogP contribution in [0.2, 0.25) is 0 Å². The van der Waals surface area contributed by atoms with Crippen molar-refractivity contribution in [2.75, 3.05) is 6.54 Å². The number of Topliss-reactive ketones (excluding diaryl/α,β-unsaturated/α-hetero) is 1. The van der Waals surface area contributed by atoms with Crippen LogP contribution in [0.3, 0.4) is 0 Å². The highest BCUT2D eigenvalue weighted by Gasteiger charge is 2.53. The van der Waals surface area contributed by atoms with Crippen molar-refractivity contribution in [2.45, 2.75) is 90.2 Å². The summed E-state index contributed by atoms with van der Waals surface area (Å²) in [6, 6.07) is 4.78. The number of likely N-dealkylation sites (tertiary alicyclic amines) is 1. The molecule has 4 atom stereocenters. The molecule has 2 aliphatic rings. The van der Waals surface area contributed by atoms with Crippen molar-refractivity contribution in [1.82, 2.24) is 20.5 Å². The first-order valence-electron chi connectivity index (χ1n) is 13.5. The highest BCUT2D eigenvalue weighted by Crippen LogP contribution is 2.40. The van der Waals surface area contributed by atoms with E-state index in [1.54, 1.807) is 26.3 Å². The number of aliphatic hydroxyl groups is 1. The number of β-amino-alcohol motifs (C(OH)–C–C–N with tert-alkyl or cyclic N) is 1. The maximum Gasteiger partial charge on any atom is 0.258 e. The zero-order valence-electron chi connectivity index (χ0n) is 23.5. The summed E-state index contributed by atoms with van der Waals surface area (Å²) < 4.78 is 14.4. The minimum atomic E-state index is -1.96. The van der Waals surface area contributed by atoms with Gasteiger partial charge in [0.15, 0.2) is 5.67 Å². The van der Waals surface area contributed by atoms with Gasteiger partial charge >= 0.3 is 0 Å². The number of hydrogen-bond donors (Lipinski definition) is 3. The molecular weight excluding hydrogens is 535 g/mol. The Labute approximate surface area is 237 Å². The molecule has 40 heavy (non-hydrogen) atoms. The molecule has 216 valence electrons. The molecule has 2 heterocycles. The van der Waals surface area contributed by atoms with Crippen molar-refractivity contribution in [3.8, 4) is 10.4 Å². The second kappa shape index (κ2) is 11.4. The van der Waals surface area contributed by atoms with Crippen molar-refractivity contribution in [3.05, 3.63) is 41.0 Å². The summed E-state index contributed by atoms with van der Waals surface area (Å²) in [5, 5.41) is 15.9. The number of carbonyl (C=O) groups is 4. The van der Waals surface area contributed by atoms with Crippen LogP contribution in [0.15, 0.2) is 29.8 Å². The molecule has 1 aromatic heterocycles. The average Bonchev–Trinajstić information content (AvgIpc) is 3.28. The number of thiazole rings is 1. The molecule has 0 unspecified atom stereocenters. The summed E-state index contributed by atoms with van der Waals surface area (Å²) in [7, 11) is 0. The number of alkyl halides is 1. The van der Waals surface area contributed by atoms with Crippen LogP contribution in [0.4, 0.5) is 4.39 Å². The molecule has 2 fully saturated rings. The van der Waals surface area contributed by atoms with E-state index < -0.39 is 53.0 Å². The molecule has 1 saturated carbocycles. The Kier molecular flexibility index (Phi) is 8.46. The summed E-state index contributed by atoms with van der Waals surface area (Å²) in [6.45, 7) is 8.51. The molecule has 0 spiro atoms. The average molecular weight is 573 g/mol. The summed E-state index contributed by atoms with van der Waals surface area (Å²) in [5.41, 5.74) is 1.66. The number of aliphatic hydroxyl groups excluding tert-OH is 1. The maximum atomic E-state index is 14.4. The molecule has 9 nitrogen and oxygen atoms in total. The fourth-order valence-electron chi connectivity index (χ4n) is 4.97. The van der Waals surface area contributed by atoms with Gasteiger partial charge < -0.3 is 20.6 Å². The summed E-state index contributed by atoms with van der Waals surface area (Å²) in [5.74, 6) is -2.03. The van der Waals surface area contributed by atoms with E-state index in [0.717, 1.165) is 21.7 Å². The van der Waals surface area contributed by atoms with Crippen LogP contribution >= 0.6 is 11.3 Å². The number of halogens is 1. The lowest BCUT2D eigenvalue weighted by Crippen LogP contribution is -2.59. The van der Waals surface area contributed by atoms with Crippen LogP contribution in [0.25, 0.3) is 10.4 Å². The predicted molar refractivity (Wildman–Crippen MR) is 149 cm³/mol. The fraction of sp³-hybridized carbons (Fsp3) is 0.552. The Morgan fingerprint density at radius 3 is 2.35 bits per heavy atom. The molecule has 1 aromatic carbocycles. The summed E-state index contributed by atoms with van der Waals surface area (Å²) >= 11 is 1.53. The third-order valence-corrected chi connectivity index (χ3v) is 8.46. The fourth-order valence-corrected chi connectivity index (χ4v) is 5.78. The SMILES string of the molecule is CC(=O)C[C@H](NC(=O)[C@@H]1C[C@@H](O)CN1C(=O)[C@H](NC(=O)C1(F)CC1)C(C)(C)C)c1ccc(-c2scnc2C)cc1. The highest BCUT2D eigenvalue weighted by molar-refractivity contribution is 7.13. The normalized spacial score (nSPS) is 21.4. The number of nitrogens with one attached hydrogen (secondary N) is 2. The second-order valence-electron chi connectivity index (χ2n) is 12.0. The first-order chi connectivity index (χ1) is 18.7. The number of nitrogens with zero attached hydrogens (tertiary/aromatic N) is 2. The molecular formula is C29H37FN4O5S. The number of ketones is 1. The topological polar surface area (TPSA) is 129 Å². The highest BCUT2D eigenvalue weighted by atomic mass is 32.1. The van der Waals surface area contributed by atoms with Gasteiger partial charge in [0, 0.05) is 19.4 Å². The molecule has 0 radical (unpaired) electrons. The van der Waals surface area contributed by atoms with Crippen LogP contribution < -0.4 is 10.6 Å². The van der Waals surface area contributed by atoms with E-state index in [4.69, 9.17) is 0 Å². The van der Waals surface area contributed by atoms with Gasteiger partial charge in [-0.05, 0) is 43.2 Å². The Hall–Kier alpha value is -3.18. The maximum absolute atomic E-state index is 14.4. The summed E-state index contributed by atoms with van der Waals surface area (Å²) in [4.78, 5) is 58.4. The monoisotopic (exact) mass is 572 g/mol. The Morgan fingerprint density at radius 2 is 1.82 bits per heavy atom. The van der Waals surface area contributed by atoms with Gasteiger partial charge in [-0.25, -0.2) is 9.37 Å². The first kappa shape index (κ1) is 29.8. The largest absolute Gasteiger partial charge is 0.391 e. The number of benzene rings is 1. The molecule has 3 N–H and O–H groups in total. The molecule has 2 aromatic rings. The van der Waals surface area contributed by atoms with Gasteiger partial charge in [-0.2, -0.15) is 0 Å². The Balaban J connectivity index is 1.53. The van der Waals surface area contributed by atoms with E-state index in [1.165, 1.54) is 23.2 Å². The molecule has 1 aliphatic carbocycles. The number of aromatic nitrogens is 1. The standard InChI is InChI=1S/C29H37FN4O5S/c1-16(35)12-21(18-6-8-19(9-7-18)23-17(2)31-15-40-23)32-25(37)22-13-20(36)14-34(22)26(38)24(28(3,4)5)33-27(39)29(30)10-11-29/h6-9,15,20-22,24,36H,10-14H2,1-5H3,(H,32,37)(H,33,39)/t20-,21+,22+,24+/m1/s1. The van der Waals surface area contributed by atoms with E-state index in [9.17, 15) is 28.7 Å². The molecule has 3 amide bonds. The molecule has 4 rings (SSSR count). The number of amides is 3. The van der Waals surface area contributed by atoms with E-state index in [0.29, 0.717) is 0 Å². The quantitative estimate of drug-likeness (QED) is 0.423. The van der Waals surface area contributed by atoms with Gasteiger partial charge in [0.25, 0.3) is 5.91 Å². The predicted octanol–water partition coefficient (Wildman–Crippen LogP) is 3.25. The van der Waals surface area contributed by atoms with Crippen LogP contribution in [0.5, 0.6) is 0 Å². The van der Waals surface area contributed by atoms with Crippen LogP contribution in [0, 0.1) is 12.3 Å². The number of aryl methyl sites for hydroxylation is 1. The van der Waals surface area contributed by atoms with E-state index in [1.807, 2.05) is 31.2 Å². The lowest BCUT2D eigenvalue weighted by atomic mass is 9.85. The van der Waals surface area contributed by atoms with Gasteiger partial charge in [-0.3, -0.25) is 19.2 Å². The lowest BCUT2D eigenvalue weighted by Gasteiger charge is -2.36. The molecule has 1 aliphatic heterocycles.